The Hall–Kier alpha value is -1.39. The highest BCUT2D eigenvalue weighted by atomic mass is 16.5. The molecule has 21 heavy (non-hydrogen) atoms. The van der Waals surface area contributed by atoms with E-state index >= 15 is 0 Å². The summed E-state index contributed by atoms with van der Waals surface area (Å²) >= 11 is 0. The van der Waals surface area contributed by atoms with Gasteiger partial charge in [-0.3, -0.25) is 9.69 Å². The predicted octanol–water partition coefficient (Wildman–Crippen LogP) is 1.80. The second-order valence-electron chi connectivity index (χ2n) is 6.56. The van der Waals surface area contributed by atoms with E-state index in [1.807, 2.05) is 6.92 Å². The summed E-state index contributed by atoms with van der Waals surface area (Å²) in [6, 6.07) is 10.9. The Morgan fingerprint density at radius 3 is 2.52 bits per heavy atom. The first kappa shape index (κ1) is 14.5. The predicted molar refractivity (Wildman–Crippen MR) is 81.8 cm³/mol. The monoisotopic (exact) mass is 288 g/mol. The smallest absolute Gasteiger partial charge is 0.230 e. The van der Waals surface area contributed by atoms with Crippen LogP contribution in [0.1, 0.15) is 25.3 Å². The lowest BCUT2D eigenvalue weighted by Gasteiger charge is -2.39. The van der Waals surface area contributed by atoms with Crippen molar-refractivity contribution in [1.82, 2.24) is 10.2 Å². The number of amides is 1. The zero-order chi connectivity index (χ0) is 14.7. The van der Waals surface area contributed by atoms with E-state index in [-0.39, 0.29) is 11.3 Å². The van der Waals surface area contributed by atoms with Crippen LogP contribution in [0.15, 0.2) is 30.3 Å². The van der Waals surface area contributed by atoms with Crippen LogP contribution in [0.25, 0.3) is 0 Å². The van der Waals surface area contributed by atoms with Gasteiger partial charge in [-0.25, -0.2) is 0 Å². The largest absolute Gasteiger partial charge is 0.379 e. The fourth-order valence-corrected chi connectivity index (χ4v) is 2.98. The third-order valence-corrected chi connectivity index (χ3v) is 4.56. The van der Waals surface area contributed by atoms with Crippen molar-refractivity contribution in [1.29, 1.82) is 0 Å². The van der Waals surface area contributed by atoms with E-state index in [1.54, 1.807) is 0 Å². The summed E-state index contributed by atoms with van der Waals surface area (Å²) in [5.74, 6) is 0.162. The van der Waals surface area contributed by atoms with E-state index in [2.05, 4.69) is 40.5 Å². The number of likely N-dealkylation sites (tertiary alicyclic amines) is 1. The van der Waals surface area contributed by atoms with Gasteiger partial charge in [-0.1, -0.05) is 30.3 Å². The molecule has 4 nitrogen and oxygen atoms in total. The van der Waals surface area contributed by atoms with E-state index in [1.165, 1.54) is 5.56 Å². The number of piperidine rings is 1. The van der Waals surface area contributed by atoms with Crippen LogP contribution in [-0.2, 0) is 16.1 Å². The number of benzene rings is 1. The Kier molecular flexibility index (Phi) is 4.27. The van der Waals surface area contributed by atoms with Gasteiger partial charge in [0.2, 0.25) is 5.91 Å². The second kappa shape index (κ2) is 6.16. The zero-order valence-electron chi connectivity index (χ0n) is 12.7. The molecule has 2 saturated heterocycles. The quantitative estimate of drug-likeness (QED) is 0.918. The molecule has 2 aliphatic heterocycles. The molecule has 0 unspecified atom stereocenters. The first-order valence-corrected chi connectivity index (χ1v) is 7.81. The highest BCUT2D eigenvalue weighted by molar-refractivity contribution is 5.83. The molecule has 1 aromatic carbocycles. The van der Waals surface area contributed by atoms with Crippen LogP contribution < -0.4 is 5.32 Å². The van der Waals surface area contributed by atoms with E-state index < -0.39 is 0 Å². The average molecular weight is 288 g/mol. The second-order valence-corrected chi connectivity index (χ2v) is 6.56. The zero-order valence-corrected chi connectivity index (χ0v) is 12.7. The fourth-order valence-electron chi connectivity index (χ4n) is 2.98. The molecule has 0 atom stereocenters. The van der Waals surface area contributed by atoms with Gasteiger partial charge in [0, 0.05) is 25.7 Å². The topological polar surface area (TPSA) is 41.6 Å². The number of rotatable bonds is 4. The van der Waals surface area contributed by atoms with Gasteiger partial charge >= 0.3 is 0 Å². The molecular weight excluding hydrogens is 264 g/mol. The molecule has 0 aliphatic carbocycles. The summed E-state index contributed by atoms with van der Waals surface area (Å²) in [4.78, 5) is 14.6. The van der Waals surface area contributed by atoms with Crippen LogP contribution in [0.4, 0.5) is 0 Å². The van der Waals surface area contributed by atoms with Crippen molar-refractivity contribution in [3.8, 4) is 0 Å². The lowest BCUT2D eigenvalue weighted by Crippen LogP contribution is -2.55. The summed E-state index contributed by atoms with van der Waals surface area (Å²) in [6.07, 6.45) is 2.07. The van der Waals surface area contributed by atoms with Crippen LogP contribution in [0, 0.1) is 5.41 Å². The van der Waals surface area contributed by atoms with Crippen molar-refractivity contribution in [2.24, 2.45) is 5.41 Å². The Balaban J connectivity index is 1.44. The highest BCUT2D eigenvalue weighted by Gasteiger charge is 2.41. The van der Waals surface area contributed by atoms with Crippen molar-refractivity contribution >= 4 is 5.91 Å². The summed E-state index contributed by atoms with van der Waals surface area (Å²) in [6.45, 7) is 6.21. The molecule has 0 spiro atoms. The molecule has 0 radical (unpaired) electrons. The molecule has 1 amide bonds. The Morgan fingerprint density at radius 1 is 1.29 bits per heavy atom. The number of nitrogens with zero attached hydrogens (tertiary/aromatic N) is 1. The molecule has 3 rings (SSSR count). The maximum absolute atomic E-state index is 12.2. The Morgan fingerprint density at radius 2 is 1.95 bits per heavy atom. The van der Waals surface area contributed by atoms with E-state index in [0.29, 0.717) is 19.3 Å². The third-order valence-electron chi connectivity index (χ3n) is 4.56. The SMILES string of the molecule is CC1(C(=O)NC2CCN(Cc3ccccc3)CC2)COC1. The lowest BCUT2D eigenvalue weighted by molar-refractivity contribution is -0.158. The van der Waals surface area contributed by atoms with Gasteiger partial charge in [-0.2, -0.15) is 0 Å². The van der Waals surface area contributed by atoms with Gasteiger partial charge in [-0.15, -0.1) is 0 Å². The molecule has 1 N–H and O–H groups in total. The van der Waals surface area contributed by atoms with Crippen molar-refractivity contribution in [2.45, 2.75) is 32.4 Å². The minimum atomic E-state index is -0.291. The maximum Gasteiger partial charge on any atom is 0.230 e. The molecule has 1 aromatic rings. The molecule has 0 bridgehead atoms. The first-order valence-electron chi connectivity index (χ1n) is 7.81. The molecule has 114 valence electrons. The van der Waals surface area contributed by atoms with Crippen molar-refractivity contribution in [3.63, 3.8) is 0 Å². The van der Waals surface area contributed by atoms with E-state index in [9.17, 15) is 4.79 Å². The summed E-state index contributed by atoms with van der Waals surface area (Å²) in [5, 5.41) is 3.20. The fraction of sp³-hybridized carbons (Fsp3) is 0.588. The molecule has 2 fully saturated rings. The van der Waals surface area contributed by atoms with Gasteiger partial charge in [0.05, 0.1) is 18.6 Å². The normalized spacial score (nSPS) is 22.5. The molecular formula is C17H24N2O2. The molecule has 0 aromatic heterocycles. The van der Waals surface area contributed by atoms with E-state index in [0.717, 1.165) is 32.5 Å². The Bertz CT molecular complexity index is 477. The number of hydrogen-bond acceptors (Lipinski definition) is 3. The summed E-state index contributed by atoms with van der Waals surface area (Å²) in [7, 11) is 0. The minimum absolute atomic E-state index is 0.162. The standard InChI is InChI=1S/C17H24N2O2/c1-17(12-21-13-17)16(20)18-15-7-9-19(10-8-15)11-14-5-3-2-4-6-14/h2-6,15H,7-13H2,1H3,(H,18,20). The number of hydrogen-bond donors (Lipinski definition) is 1. The summed E-state index contributed by atoms with van der Waals surface area (Å²) in [5.41, 5.74) is 1.07. The summed E-state index contributed by atoms with van der Waals surface area (Å²) < 4.78 is 5.16. The van der Waals surface area contributed by atoms with Gasteiger partial charge in [-0.05, 0) is 25.3 Å². The van der Waals surface area contributed by atoms with Crippen LogP contribution in [0.2, 0.25) is 0 Å². The molecule has 2 aliphatic rings. The molecule has 4 heteroatoms. The molecule has 2 heterocycles. The highest BCUT2D eigenvalue weighted by Crippen LogP contribution is 2.27. The number of carbonyl (C=O) groups excluding carboxylic acids is 1. The van der Waals surface area contributed by atoms with Gasteiger partial charge in [0.1, 0.15) is 0 Å². The number of ether oxygens (including phenoxy) is 1. The van der Waals surface area contributed by atoms with Crippen molar-refractivity contribution in [3.05, 3.63) is 35.9 Å². The van der Waals surface area contributed by atoms with Gasteiger partial charge in [0.15, 0.2) is 0 Å². The number of carbonyl (C=O) groups is 1. The number of nitrogens with one attached hydrogen (secondary N) is 1. The third kappa shape index (κ3) is 3.44. The molecule has 0 saturated carbocycles. The minimum Gasteiger partial charge on any atom is -0.379 e. The van der Waals surface area contributed by atoms with Crippen LogP contribution in [0.3, 0.4) is 0 Å². The van der Waals surface area contributed by atoms with Gasteiger partial charge in [0.25, 0.3) is 0 Å². The van der Waals surface area contributed by atoms with Crippen LogP contribution in [-0.4, -0.2) is 43.2 Å². The first-order chi connectivity index (χ1) is 10.2. The van der Waals surface area contributed by atoms with Crippen molar-refractivity contribution in [2.75, 3.05) is 26.3 Å². The van der Waals surface area contributed by atoms with Crippen LogP contribution in [0.5, 0.6) is 0 Å². The van der Waals surface area contributed by atoms with Crippen LogP contribution >= 0.6 is 0 Å². The van der Waals surface area contributed by atoms with Crippen molar-refractivity contribution < 1.29 is 9.53 Å². The Labute approximate surface area is 126 Å². The lowest BCUT2D eigenvalue weighted by atomic mass is 9.87. The average Bonchev–Trinajstić information content (AvgIpc) is 2.48. The maximum atomic E-state index is 12.2. The van der Waals surface area contributed by atoms with E-state index in [4.69, 9.17) is 4.74 Å². The van der Waals surface area contributed by atoms with Gasteiger partial charge < -0.3 is 10.1 Å².